The van der Waals surface area contributed by atoms with Gasteiger partial charge in [-0.05, 0) is 28.8 Å². The summed E-state index contributed by atoms with van der Waals surface area (Å²) in [6.07, 6.45) is 0. The molecule has 0 unspecified atom stereocenters. The highest BCUT2D eigenvalue weighted by Crippen LogP contribution is 2.28. The number of benzene rings is 3. The van der Waals surface area contributed by atoms with Crippen molar-refractivity contribution in [2.45, 2.75) is 19.1 Å². The van der Waals surface area contributed by atoms with E-state index < -0.39 is 30.0 Å². The minimum atomic E-state index is -1.20. The summed E-state index contributed by atoms with van der Waals surface area (Å²) < 4.78 is 5.36. The van der Waals surface area contributed by atoms with Crippen LogP contribution in [0.15, 0.2) is 72.8 Å². The number of fused-ring (bicyclic) bond motifs is 1. The topological polar surface area (TPSA) is 75.7 Å². The zero-order chi connectivity index (χ0) is 20.4. The summed E-state index contributed by atoms with van der Waals surface area (Å²) >= 11 is 0. The Morgan fingerprint density at radius 3 is 2.45 bits per heavy atom. The van der Waals surface area contributed by atoms with E-state index in [0.717, 1.165) is 21.2 Å². The number of carbonyl (C=O) groups is 3. The Balaban J connectivity index is 1.44. The maximum absolute atomic E-state index is 12.9. The zero-order valence-electron chi connectivity index (χ0n) is 15.9. The Labute approximate surface area is 168 Å². The molecule has 3 aromatic carbocycles. The fourth-order valence-electron chi connectivity index (χ4n) is 3.56. The van der Waals surface area contributed by atoms with E-state index in [1.807, 2.05) is 48.5 Å². The summed E-state index contributed by atoms with van der Waals surface area (Å²) in [5, 5.41) is 4.72. The third-order valence-corrected chi connectivity index (χ3v) is 5.18. The molecule has 0 radical (unpaired) electrons. The molecular weight excluding hydrogens is 368 g/mol. The average molecular weight is 388 g/mol. The number of urea groups is 1. The van der Waals surface area contributed by atoms with E-state index in [4.69, 9.17) is 4.74 Å². The highest BCUT2D eigenvalue weighted by Gasteiger charge is 2.49. The lowest BCUT2D eigenvalue weighted by atomic mass is 9.92. The molecule has 3 amide bonds. The van der Waals surface area contributed by atoms with E-state index in [2.05, 4.69) is 5.32 Å². The van der Waals surface area contributed by atoms with Crippen molar-refractivity contribution in [2.75, 3.05) is 6.54 Å². The second-order valence-corrected chi connectivity index (χ2v) is 7.11. The van der Waals surface area contributed by atoms with Crippen molar-refractivity contribution in [3.8, 4) is 0 Å². The molecule has 0 spiro atoms. The molecule has 146 valence electrons. The lowest BCUT2D eigenvalue weighted by Crippen LogP contribution is -2.41. The predicted octanol–water partition coefficient (Wildman–Crippen LogP) is 3.35. The lowest BCUT2D eigenvalue weighted by molar-refractivity contribution is -0.148. The zero-order valence-corrected chi connectivity index (χ0v) is 15.9. The van der Waals surface area contributed by atoms with Crippen molar-refractivity contribution < 1.29 is 19.1 Å². The van der Waals surface area contributed by atoms with E-state index in [1.54, 1.807) is 31.2 Å². The third-order valence-electron chi connectivity index (χ3n) is 5.18. The SMILES string of the molecule is C[C@]1(c2ccccc2)NC(=O)N(CC(=O)OCc2cccc3ccccc23)C1=O. The van der Waals surface area contributed by atoms with Crippen LogP contribution in [-0.4, -0.2) is 29.4 Å². The van der Waals surface area contributed by atoms with Crippen LogP contribution in [0.2, 0.25) is 0 Å². The lowest BCUT2D eigenvalue weighted by Gasteiger charge is -2.21. The summed E-state index contributed by atoms with van der Waals surface area (Å²) in [5.74, 6) is -1.12. The van der Waals surface area contributed by atoms with Gasteiger partial charge in [0.25, 0.3) is 5.91 Å². The van der Waals surface area contributed by atoms with Crippen LogP contribution < -0.4 is 5.32 Å². The van der Waals surface area contributed by atoms with Gasteiger partial charge < -0.3 is 10.1 Å². The van der Waals surface area contributed by atoms with Crippen LogP contribution in [0.1, 0.15) is 18.1 Å². The maximum atomic E-state index is 12.9. The van der Waals surface area contributed by atoms with Gasteiger partial charge in [0.15, 0.2) is 0 Å². The Hall–Kier alpha value is -3.67. The number of amides is 3. The molecule has 1 N–H and O–H groups in total. The molecule has 0 aromatic heterocycles. The molecule has 3 aromatic rings. The van der Waals surface area contributed by atoms with Crippen LogP contribution in [0, 0.1) is 0 Å². The molecule has 1 fully saturated rings. The first kappa shape index (κ1) is 18.7. The molecule has 0 aliphatic carbocycles. The van der Waals surface area contributed by atoms with Gasteiger partial charge in [0.05, 0.1) is 0 Å². The Morgan fingerprint density at radius 2 is 1.66 bits per heavy atom. The predicted molar refractivity (Wildman–Crippen MR) is 108 cm³/mol. The van der Waals surface area contributed by atoms with Crippen LogP contribution in [0.25, 0.3) is 10.8 Å². The Kier molecular flexibility index (Phi) is 4.76. The van der Waals surface area contributed by atoms with Crippen molar-refractivity contribution in [1.29, 1.82) is 0 Å². The summed E-state index contributed by atoms with van der Waals surface area (Å²) in [6.45, 7) is 1.27. The minimum absolute atomic E-state index is 0.0692. The van der Waals surface area contributed by atoms with Crippen LogP contribution in [0.4, 0.5) is 4.79 Å². The highest BCUT2D eigenvalue weighted by molar-refractivity contribution is 6.08. The van der Waals surface area contributed by atoms with Crippen LogP contribution in [-0.2, 0) is 26.5 Å². The molecule has 1 atom stereocenters. The van der Waals surface area contributed by atoms with Gasteiger partial charge in [-0.2, -0.15) is 0 Å². The van der Waals surface area contributed by atoms with Gasteiger partial charge in [-0.3, -0.25) is 14.5 Å². The number of carbonyl (C=O) groups excluding carboxylic acids is 3. The second kappa shape index (κ2) is 7.39. The molecule has 0 bridgehead atoms. The Bertz CT molecular complexity index is 1090. The molecule has 6 heteroatoms. The number of hydrogen-bond donors (Lipinski definition) is 1. The fourth-order valence-corrected chi connectivity index (χ4v) is 3.56. The number of imide groups is 1. The van der Waals surface area contributed by atoms with Crippen molar-refractivity contribution in [2.24, 2.45) is 0 Å². The molecule has 4 rings (SSSR count). The number of rotatable bonds is 5. The molecule has 1 heterocycles. The van der Waals surface area contributed by atoms with E-state index in [9.17, 15) is 14.4 Å². The van der Waals surface area contributed by atoms with Gasteiger partial charge in [0, 0.05) is 0 Å². The molecule has 1 saturated heterocycles. The molecule has 29 heavy (non-hydrogen) atoms. The first-order chi connectivity index (χ1) is 14.0. The third kappa shape index (κ3) is 3.45. The van der Waals surface area contributed by atoms with Crippen molar-refractivity contribution in [3.05, 3.63) is 83.9 Å². The Morgan fingerprint density at radius 1 is 0.966 bits per heavy atom. The smallest absolute Gasteiger partial charge is 0.326 e. The molecule has 1 aliphatic rings. The molecule has 1 aliphatic heterocycles. The minimum Gasteiger partial charge on any atom is -0.459 e. The largest absolute Gasteiger partial charge is 0.459 e. The second-order valence-electron chi connectivity index (χ2n) is 7.11. The van der Waals surface area contributed by atoms with Gasteiger partial charge in [-0.15, -0.1) is 0 Å². The van der Waals surface area contributed by atoms with Crippen molar-refractivity contribution in [1.82, 2.24) is 10.2 Å². The van der Waals surface area contributed by atoms with Gasteiger partial charge in [0.2, 0.25) is 0 Å². The molecular formula is C23H20N2O4. The van der Waals surface area contributed by atoms with Crippen LogP contribution in [0.3, 0.4) is 0 Å². The highest BCUT2D eigenvalue weighted by atomic mass is 16.5. The number of hydrogen-bond acceptors (Lipinski definition) is 4. The van der Waals surface area contributed by atoms with Gasteiger partial charge in [-0.1, -0.05) is 72.8 Å². The fraction of sp³-hybridized carbons (Fsp3) is 0.174. The summed E-state index contributed by atoms with van der Waals surface area (Å²) in [7, 11) is 0. The maximum Gasteiger partial charge on any atom is 0.326 e. The number of nitrogens with zero attached hydrogens (tertiary/aromatic N) is 1. The average Bonchev–Trinajstić information content (AvgIpc) is 2.97. The number of ether oxygens (including phenoxy) is 1. The summed E-state index contributed by atoms with van der Waals surface area (Å²) in [4.78, 5) is 38.5. The van der Waals surface area contributed by atoms with Gasteiger partial charge in [0.1, 0.15) is 18.7 Å². The quantitative estimate of drug-likeness (QED) is 0.537. The number of nitrogens with one attached hydrogen (secondary N) is 1. The van der Waals surface area contributed by atoms with Crippen molar-refractivity contribution >= 4 is 28.7 Å². The van der Waals surface area contributed by atoms with Gasteiger partial charge in [-0.25, -0.2) is 4.79 Å². The van der Waals surface area contributed by atoms with E-state index in [-0.39, 0.29) is 6.61 Å². The van der Waals surface area contributed by atoms with Gasteiger partial charge >= 0.3 is 12.0 Å². The molecule has 6 nitrogen and oxygen atoms in total. The summed E-state index contributed by atoms with van der Waals surface area (Å²) in [6, 6.07) is 21.9. The molecule has 0 saturated carbocycles. The standard InChI is InChI=1S/C23H20N2O4/c1-23(18-11-3-2-4-12-18)21(27)25(22(28)24-23)14-20(26)29-15-17-10-7-9-16-8-5-6-13-19(16)17/h2-13H,14-15H2,1H3,(H,24,28)/t23-/m1/s1. The monoisotopic (exact) mass is 388 g/mol. The first-order valence-electron chi connectivity index (χ1n) is 9.31. The summed E-state index contributed by atoms with van der Waals surface area (Å²) in [5.41, 5.74) is 0.321. The van der Waals surface area contributed by atoms with E-state index in [1.165, 1.54) is 0 Å². The number of esters is 1. The van der Waals surface area contributed by atoms with Crippen LogP contribution >= 0.6 is 0 Å². The van der Waals surface area contributed by atoms with E-state index >= 15 is 0 Å². The first-order valence-corrected chi connectivity index (χ1v) is 9.31. The van der Waals surface area contributed by atoms with Crippen molar-refractivity contribution in [3.63, 3.8) is 0 Å². The van der Waals surface area contributed by atoms with E-state index in [0.29, 0.717) is 5.56 Å². The van der Waals surface area contributed by atoms with Crippen LogP contribution in [0.5, 0.6) is 0 Å². The normalized spacial score (nSPS) is 18.7.